The van der Waals surface area contributed by atoms with Gasteiger partial charge in [-0.15, -0.1) is 0 Å². The maximum absolute atomic E-state index is 13.0. The van der Waals surface area contributed by atoms with E-state index in [0.29, 0.717) is 0 Å². The van der Waals surface area contributed by atoms with E-state index in [0.717, 1.165) is 6.07 Å². The van der Waals surface area contributed by atoms with Crippen molar-refractivity contribution in [1.82, 2.24) is 4.72 Å². The van der Waals surface area contributed by atoms with Crippen LogP contribution in [0.5, 0.6) is 0 Å². The summed E-state index contributed by atoms with van der Waals surface area (Å²) in [5.41, 5.74) is 0.226. The van der Waals surface area contributed by atoms with E-state index in [1.54, 1.807) is 0 Å². The van der Waals surface area contributed by atoms with E-state index in [2.05, 4.69) is 10.0 Å². The molecule has 0 aliphatic rings. The number of carbonyl (C=O) groups is 1. The van der Waals surface area contributed by atoms with E-state index in [1.807, 2.05) is 0 Å². The Morgan fingerprint density at radius 3 is 2.48 bits per heavy atom. The van der Waals surface area contributed by atoms with Crippen molar-refractivity contribution in [3.63, 3.8) is 0 Å². The van der Waals surface area contributed by atoms with Gasteiger partial charge in [-0.05, 0) is 36.4 Å². The normalized spacial score (nSPS) is 11.3. The average Bonchev–Trinajstić information content (AvgIpc) is 2.48. The number of benzene rings is 2. The van der Waals surface area contributed by atoms with E-state index in [1.165, 1.54) is 36.4 Å². The second-order valence-corrected chi connectivity index (χ2v) is 7.04. The van der Waals surface area contributed by atoms with Gasteiger partial charge in [0, 0.05) is 5.69 Å². The van der Waals surface area contributed by atoms with E-state index >= 15 is 0 Å². The van der Waals surface area contributed by atoms with E-state index in [9.17, 15) is 17.6 Å². The van der Waals surface area contributed by atoms with Gasteiger partial charge < -0.3 is 5.32 Å². The number of amides is 1. The van der Waals surface area contributed by atoms with Crippen molar-refractivity contribution >= 4 is 44.8 Å². The predicted octanol–water partition coefficient (Wildman–Crippen LogP) is 3.05. The molecule has 5 nitrogen and oxygen atoms in total. The fraction of sp³-hybridized carbons (Fsp3) is 0.0714. The molecule has 0 unspecified atom stereocenters. The first kappa shape index (κ1) is 17.7. The summed E-state index contributed by atoms with van der Waals surface area (Å²) in [5, 5.41) is 2.67. The first-order valence-electron chi connectivity index (χ1n) is 6.28. The van der Waals surface area contributed by atoms with Gasteiger partial charge in [0.1, 0.15) is 5.82 Å². The molecule has 0 spiro atoms. The molecular formula is C14H11Cl2FN2O3S. The van der Waals surface area contributed by atoms with Crippen LogP contribution in [0.4, 0.5) is 10.1 Å². The SMILES string of the molecule is O=C(CNS(=O)(=O)c1ccc(Cl)c(Cl)c1)Nc1cccc(F)c1. The van der Waals surface area contributed by atoms with Gasteiger partial charge in [0.05, 0.1) is 21.5 Å². The number of nitrogens with one attached hydrogen (secondary N) is 2. The Bertz CT molecular complexity index is 844. The van der Waals surface area contributed by atoms with Crippen molar-refractivity contribution in [2.24, 2.45) is 0 Å². The number of rotatable bonds is 5. The van der Waals surface area contributed by atoms with Gasteiger partial charge in [-0.1, -0.05) is 29.3 Å². The summed E-state index contributed by atoms with van der Waals surface area (Å²) >= 11 is 11.5. The molecule has 0 atom stereocenters. The number of hydrogen-bond acceptors (Lipinski definition) is 3. The molecule has 0 bridgehead atoms. The molecule has 0 aliphatic carbocycles. The van der Waals surface area contributed by atoms with Crippen LogP contribution in [0.25, 0.3) is 0 Å². The van der Waals surface area contributed by atoms with Crippen molar-refractivity contribution < 1.29 is 17.6 Å². The van der Waals surface area contributed by atoms with Crippen LogP contribution in [-0.2, 0) is 14.8 Å². The molecule has 0 heterocycles. The lowest BCUT2D eigenvalue weighted by atomic mass is 10.3. The quantitative estimate of drug-likeness (QED) is 0.841. The Hall–Kier alpha value is -1.67. The average molecular weight is 377 g/mol. The summed E-state index contributed by atoms with van der Waals surface area (Å²) in [4.78, 5) is 11.6. The lowest BCUT2D eigenvalue weighted by Gasteiger charge is -2.08. The van der Waals surface area contributed by atoms with Gasteiger partial charge in [-0.3, -0.25) is 4.79 Å². The van der Waals surface area contributed by atoms with Crippen LogP contribution in [-0.4, -0.2) is 20.9 Å². The Kier molecular flexibility index (Phi) is 5.59. The van der Waals surface area contributed by atoms with Crippen LogP contribution in [0, 0.1) is 5.82 Å². The van der Waals surface area contributed by atoms with Gasteiger partial charge in [0.15, 0.2) is 0 Å². The third-order valence-corrected chi connectivity index (χ3v) is 4.87. The third kappa shape index (κ3) is 4.90. The highest BCUT2D eigenvalue weighted by Crippen LogP contribution is 2.24. The zero-order valence-electron chi connectivity index (χ0n) is 11.5. The zero-order chi connectivity index (χ0) is 17.0. The van der Waals surface area contributed by atoms with Crippen molar-refractivity contribution in [2.75, 3.05) is 11.9 Å². The molecule has 0 aliphatic heterocycles. The zero-order valence-corrected chi connectivity index (χ0v) is 13.8. The number of halogens is 3. The molecule has 122 valence electrons. The summed E-state index contributed by atoms with van der Waals surface area (Å²) in [6.45, 7) is -0.515. The first-order chi connectivity index (χ1) is 10.8. The Morgan fingerprint density at radius 2 is 1.83 bits per heavy atom. The second-order valence-electron chi connectivity index (χ2n) is 4.46. The molecule has 0 saturated carbocycles. The smallest absolute Gasteiger partial charge is 0.241 e. The number of anilines is 1. The van der Waals surface area contributed by atoms with Crippen LogP contribution in [0.3, 0.4) is 0 Å². The summed E-state index contributed by atoms with van der Waals surface area (Å²) in [5.74, 6) is -1.15. The number of carbonyl (C=O) groups excluding carboxylic acids is 1. The first-order valence-corrected chi connectivity index (χ1v) is 8.52. The van der Waals surface area contributed by atoms with Crippen molar-refractivity contribution in [3.8, 4) is 0 Å². The molecule has 2 aromatic carbocycles. The number of hydrogen-bond donors (Lipinski definition) is 2. The molecule has 2 rings (SSSR count). The molecule has 2 N–H and O–H groups in total. The summed E-state index contributed by atoms with van der Waals surface area (Å²) in [6, 6.07) is 9.02. The van der Waals surface area contributed by atoms with E-state index < -0.39 is 28.3 Å². The molecule has 0 saturated heterocycles. The Balaban J connectivity index is 2.01. The van der Waals surface area contributed by atoms with Gasteiger partial charge in [-0.25, -0.2) is 17.5 Å². The van der Waals surface area contributed by atoms with E-state index in [4.69, 9.17) is 23.2 Å². The van der Waals surface area contributed by atoms with Crippen LogP contribution in [0.1, 0.15) is 0 Å². The van der Waals surface area contributed by atoms with Crippen LogP contribution in [0.2, 0.25) is 10.0 Å². The monoisotopic (exact) mass is 376 g/mol. The molecule has 0 fully saturated rings. The maximum atomic E-state index is 13.0. The van der Waals surface area contributed by atoms with Crippen molar-refractivity contribution in [1.29, 1.82) is 0 Å². The molecule has 0 radical (unpaired) electrons. The van der Waals surface area contributed by atoms with Gasteiger partial charge in [-0.2, -0.15) is 0 Å². The highest BCUT2D eigenvalue weighted by atomic mass is 35.5. The highest BCUT2D eigenvalue weighted by molar-refractivity contribution is 7.89. The predicted molar refractivity (Wildman–Crippen MR) is 86.7 cm³/mol. The minimum atomic E-state index is -3.92. The van der Waals surface area contributed by atoms with Crippen molar-refractivity contribution in [2.45, 2.75) is 4.90 Å². The molecule has 9 heteroatoms. The minimum Gasteiger partial charge on any atom is -0.325 e. The number of sulfonamides is 1. The molecule has 2 aromatic rings. The molecule has 23 heavy (non-hydrogen) atoms. The fourth-order valence-corrected chi connectivity index (χ4v) is 3.03. The minimum absolute atomic E-state index is 0.0822. The largest absolute Gasteiger partial charge is 0.325 e. The summed E-state index contributed by atoms with van der Waals surface area (Å²) in [6.07, 6.45) is 0. The lowest BCUT2D eigenvalue weighted by molar-refractivity contribution is -0.115. The topological polar surface area (TPSA) is 75.3 Å². The lowest BCUT2D eigenvalue weighted by Crippen LogP contribution is -2.32. The third-order valence-electron chi connectivity index (χ3n) is 2.73. The van der Waals surface area contributed by atoms with Gasteiger partial charge in [0.2, 0.25) is 15.9 Å². The standard InChI is InChI=1S/C14H11Cl2FN2O3S/c15-12-5-4-11(7-13(12)16)23(21,22)18-8-14(20)19-10-3-1-2-9(17)6-10/h1-7,18H,8H2,(H,19,20). The molecular weight excluding hydrogens is 366 g/mol. The van der Waals surface area contributed by atoms with E-state index in [-0.39, 0.29) is 20.6 Å². The van der Waals surface area contributed by atoms with Crippen LogP contribution >= 0.6 is 23.2 Å². The second kappa shape index (κ2) is 7.27. The van der Waals surface area contributed by atoms with Crippen LogP contribution in [0.15, 0.2) is 47.4 Å². The summed E-state index contributed by atoms with van der Waals surface area (Å²) < 4.78 is 39.2. The Labute approximate surface area is 142 Å². The van der Waals surface area contributed by atoms with Crippen molar-refractivity contribution in [3.05, 3.63) is 58.3 Å². The van der Waals surface area contributed by atoms with Crippen LogP contribution < -0.4 is 10.0 Å². The van der Waals surface area contributed by atoms with Gasteiger partial charge in [0.25, 0.3) is 0 Å². The fourth-order valence-electron chi connectivity index (χ4n) is 1.66. The molecule has 1 amide bonds. The summed E-state index contributed by atoms with van der Waals surface area (Å²) in [7, 11) is -3.92. The Morgan fingerprint density at radius 1 is 1.09 bits per heavy atom. The van der Waals surface area contributed by atoms with Gasteiger partial charge >= 0.3 is 0 Å². The molecule has 0 aromatic heterocycles. The highest BCUT2D eigenvalue weighted by Gasteiger charge is 2.17. The maximum Gasteiger partial charge on any atom is 0.241 e.